The Kier molecular flexibility index (Phi) is 4.62. The molecule has 1 aliphatic heterocycles. The Morgan fingerprint density at radius 1 is 1.09 bits per heavy atom. The lowest BCUT2D eigenvalue weighted by molar-refractivity contribution is 0.0737. The highest BCUT2D eigenvalue weighted by molar-refractivity contribution is 6.08. The molecule has 4 heterocycles. The van der Waals surface area contributed by atoms with E-state index in [4.69, 9.17) is 5.73 Å². The number of hydrogen-bond donors (Lipinski definition) is 1. The number of carbonyl (C=O) groups excluding carboxylic acids is 1. The topological polar surface area (TPSA) is 81.5 Å². The van der Waals surface area contributed by atoms with Gasteiger partial charge in [-0.1, -0.05) is 18.2 Å². The van der Waals surface area contributed by atoms with Gasteiger partial charge in [0.1, 0.15) is 5.82 Å². The SMILES string of the molecule is Cn1cc(C(=O)N2CCC[C@H]2c2ccc(F)cc2)c2cc(-c3ccn4nc(N)nc4c3)ccc21. The lowest BCUT2D eigenvalue weighted by Crippen LogP contribution is -2.30. The van der Waals surface area contributed by atoms with Gasteiger partial charge in [-0.2, -0.15) is 4.98 Å². The highest BCUT2D eigenvalue weighted by Gasteiger charge is 2.32. The van der Waals surface area contributed by atoms with Gasteiger partial charge in [-0.25, -0.2) is 8.91 Å². The van der Waals surface area contributed by atoms with E-state index < -0.39 is 0 Å². The lowest BCUT2D eigenvalue weighted by atomic mass is 10.0. The highest BCUT2D eigenvalue weighted by atomic mass is 19.1. The molecule has 170 valence electrons. The van der Waals surface area contributed by atoms with Crippen molar-refractivity contribution in [3.8, 4) is 11.1 Å². The van der Waals surface area contributed by atoms with Gasteiger partial charge in [-0.15, -0.1) is 5.10 Å². The minimum absolute atomic E-state index is 0.00439. The van der Waals surface area contributed by atoms with Gasteiger partial charge in [0.25, 0.3) is 5.91 Å². The molecule has 0 bridgehead atoms. The number of carbonyl (C=O) groups is 1. The van der Waals surface area contributed by atoms with Crippen LogP contribution in [0.5, 0.6) is 0 Å². The molecule has 0 saturated carbocycles. The van der Waals surface area contributed by atoms with Crippen LogP contribution in [0, 0.1) is 5.82 Å². The molecule has 5 aromatic rings. The van der Waals surface area contributed by atoms with Crippen molar-refractivity contribution in [2.45, 2.75) is 18.9 Å². The number of benzene rings is 2. The van der Waals surface area contributed by atoms with E-state index in [-0.39, 0.29) is 23.7 Å². The van der Waals surface area contributed by atoms with Crippen molar-refractivity contribution in [3.05, 3.63) is 83.9 Å². The fraction of sp³-hybridized carbons (Fsp3) is 0.192. The Hall–Kier alpha value is -4.20. The molecule has 8 heteroatoms. The van der Waals surface area contributed by atoms with Crippen molar-refractivity contribution in [2.24, 2.45) is 7.05 Å². The van der Waals surface area contributed by atoms with Crippen LogP contribution in [0.2, 0.25) is 0 Å². The number of pyridine rings is 1. The number of aromatic nitrogens is 4. The summed E-state index contributed by atoms with van der Waals surface area (Å²) in [5.41, 5.74) is 11.0. The molecule has 1 fully saturated rings. The zero-order chi connectivity index (χ0) is 23.4. The maximum absolute atomic E-state index is 13.8. The average molecular weight is 455 g/mol. The zero-order valence-electron chi connectivity index (χ0n) is 18.6. The number of amides is 1. The molecule has 0 aliphatic carbocycles. The van der Waals surface area contributed by atoms with Crippen LogP contribution < -0.4 is 5.73 Å². The minimum Gasteiger partial charge on any atom is -0.366 e. The first-order valence-corrected chi connectivity index (χ1v) is 11.3. The van der Waals surface area contributed by atoms with Gasteiger partial charge in [0, 0.05) is 36.9 Å². The van der Waals surface area contributed by atoms with Crippen LogP contribution in [-0.2, 0) is 7.05 Å². The maximum Gasteiger partial charge on any atom is 0.256 e. The van der Waals surface area contributed by atoms with Gasteiger partial charge in [0.2, 0.25) is 5.95 Å². The highest BCUT2D eigenvalue weighted by Crippen LogP contribution is 2.35. The second-order valence-corrected chi connectivity index (χ2v) is 8.78. The molecule has 34 heavy (non-hydrogen) atoms. The van der Waals surface area contributed by atoms with E-state index in [1.807, 2.05) is 53.2 Å². The van der Waals surface area contributed by atoms with E-state index in [1.165, 1.54) is 12.1 Å². The average Bonchev–Trinajstić information content (AvgIpc) is 3.55. The van der Waals surface area contributed by atoms with E-state index in [0.717, 1.165) is 40.4 Å². The minimum atomic E-state index is -0.270. The molecule has 1 atom stereocenters. The predicted molar refractivity (Wildman–Crippen MR) is 129 cm³/mol. The molecule has 1 aliphatic rings. The Morgan fingerprint density at radius 3 is 2.71 bits per heavy atom. The van der Waals surface area contributed by atoms with Gasteiger partial charge >= 0.3 is 0 Å². The van der Waals surface area contributed by atoms with Crippen molar-refractivity contribution in [3.63, 3.8) is 0 Å². The summed E-state index contributed by atoms with van der Waals surface area (Å²) in [5, 5.41) is 5.03. The molecule has 0 spiro atoms. The normalized spacial score (nSPS) is 16.1. The number of halogens is 1. The Balaban J connectivity index is 1.40. The van der Waals surface area contributed by atoms with E-state index in [1.54, 1.807) is 16.6 Å². The Labute approximate surface area is 195 Å². The molecule has 2 aromatic carbocycles. The fourth-order valence-corrected chi connectivity index (χ4v) is 5.02. The summed E-state index contributed by atoms with van der Waals surface area (Å²) in [6.45, 7) is 0.682. The third kappa shape index (κ3) is 3.30. The van der Waals surface area contributed by atoms with Gasteiger partial charge in [-0.3, -0.25) is 4.79 Å². The first-order chi connectivity index (χ1) is 16.5. The number of aryl methyl sites for hydroxylation is 1. The quantitative estimate of drug-likeness (QED) is 0.432. The van der Waals surface area contributed by atoms with E-state index in [0.29, 0.717) is 17.8 Å². The van der Waals surface area contributed by atoms with Crippen LogP contribution in [0.4, 0.5) is 10.3 Å². The maximum atomic E-state index is 13.8. The largest absolute Gasteiger partial charge is 0.366 e. The third-order valence-electron chi connectivity index (χ3n) is 6.68. The van der Waals surface area contributed by atoms with Crippen molar-refractivity contribution >= 4 is 28.4 Å². The third-order valence-corrected chi connectivity index (χ3v) is 6.68. The number of rotatable bonds is 3. The summed E-state index contributed by atoms with van der Waals surface area (Å²) in [7, 11) is 1.95. The van der Waals surface area contributed by atoms with Crippen LogP contribution in [-0.4, -0.2) is 36.5 Å². The second-order valence-electron chi connectivity index (χ2n) is 8.78. The predicted octanol–water partition coefficient (Wildman–Crippen LogP) is 4.59. The Morgan fingerprint density at radius 2 is 1.88 bits per heavy atom. The first-order valence-electron chi connectivity index (χ1n) is 11.3. The summed E-state index contributed by atoms with van der Waals surface area (Å²) < 4.78 is 17.1. The molecular weight excluding hydrogens is 431 g/mol. The molecule has 6 rings (SSSR count). The zero-order valence-corrected chi connectivity index (χ0v) is 18.6. The second kappa shape index (κ2) is 7.69. The molecule has 7 nitrogen and oxygen atoms in total. The first kappa shape index (κ1) is 20.4. The molecule has 3 aromatic heterocycles. The van der Waals surface area contributed by atoms with Crippen LogP contribution in [0.15, 0.2) is 67.0 Å². The lowest BCUT2D eigenvalue weighted by Gasteiger charge is -2.25. The van der Waals surface area contributed by atoms with Gasteiger partial charge in [0.05, 0.1) is 11.6 Å². The van der Waals surface area contributed by atoms with Crippen LogP contribution in [0.3, 0.4) is 0 Å². The summed E-state index contributed by atoms with van der Waals surface area (Å²) in [4.78, 5) is 19.9. The van der Waals surface area contributed by atoms with Crippen molar-refractivity contribution in [2.75, 3.05) is 12.3 Å². The summed E-state index contributed by atoms with van der Waals surface area (Å²) >= 11 is 0. The van der Waals surface area contributed by atoms with Crippen molar-refractivity contribution in [1.29, 1.82) is 0 Å². The van der Waals surface area contributed by atoms with Gasteiger partial charge < -0.3 is 15.2 Å². The molecular formula is C26H23FN6O. The Bertz CT molecular complexity index is 1550. The van der Waals surface area contributed by atoms with Gasteiger partial charge in [-0.05, 0) is 65.9 Å². The number of hydrogen-bond acceptors (Lipinski definition) is 4. The van der Waals surface area contributed by atoms with Crippen LogP contribution in [0.1, 0.15) is 34.8 Å². The van der Waals surface area contributed by atoms with Gasteiger partial charge in [0.15, 0.2) is 5.65 Å². The number of nitrogens with two attached hydrogens (primary N) is 1. The molecule has 2 N–H and O–H groups in total. The molecule has 0 radical (unpaired) electrons. The van der Waals surface area contributed by atoms with Crippen molar-refractivity contribution < 1.29 is 9.18 Å². The smallest absolute Gasteiger partial charge is 0.256 e. The number of nitrogen functional groups attached to an aromatic ring is 1. The van der Waals surface area contributed by atoms with Crippen LogP contribution in [0.25, 0.3) is 27.7 Å². The summed E-state index contributed by atoms with van der Waals surface area (Å²) in [5.74, 6) is -0.0478. The standard InChI is InChI=1S/C26H23FN6O/c1-31-15-21(25(34)32-11-2-3-22(32)16-4-7-19(27)8-5-16)20-13-17(6-9-23(20)31)18-10-12-33-24(14-18)29-26(28)30-33/h4-10,12-15,22H,2-3,11H2,1H3,(H2,28,30)/t22-/m0/s1. The van der Waals surface area contributed by atoms with Crippen molar-refractivity contribution in [1.82, 2.24) is 24.1 Å². The summed E-state index contributed by atoms with van der Waals surface area (Å²) in [6.07, 6.45) is 5.52. The number of fused-ring (bicyclic) bond motifs is 2. The van der Waals surface area contributed by atoms with E-state index in [9.17, 15) is 9.18 Å². The monoisotopic (exact) mass is 454 g/mol. The van der Waals surface area contributed by atoms with E-state index >= 15 is 0 Å². The number of likely N-dealkylation sites (tertiary alicyclic amines) is 1. The number of nitrogens with zero attached hydrogens (tertiary/aromatic N) is 5. The summed E-state index contributed by atoms with van der Waals surface area (Å²) in [6, 6.07) is 16.4. The van der Waals surface area contributed by atoms with E-state index in [2.05, 4.69) is 16.1 Å². The molecule has 1 saturated heterocycles. The molecule has 0 unspecified atom stereocenters. The molecule has 1 amide bonds. The van der Waals surface area contributed by atoms with Crippen LogP contribution >= 0.6 is 0 Å². The number of anilines is 1. The fourth-order valence-electron chi connectivity index (χ4n) is 5.02.